The minimum absolute atomic E-state index is 0.294. The van der Waals surface area contributed by atoms with Gasteiger partial charge in [0, 0.05) is 27.8 Å². The zero-order valence-electron chi connectivity index (χ0n) is 15.3. The first-order chi connectivity index (χ1) is 13.4. The van der Waals surface area contributed by atoms with E-state index in [1.165, 1.54) is 12.1 Å². The van der Waals surface area contributed by atoms with Crippen molar-refractivity contribution in [1.82, 2.24) is 20.0 Å². The number of urea groups is 1. The summed E-state index contributed by atoms with van der Waals surface area (Å²) in [5.41, 5.74) is 2.96. The quantitative estimate of drug-likeness (QED) is 0.472. The first-order valence-corrected chi connectivity index (χ1v) is 9.56. The van der Waals surface area contributed by atoms with Crippen LogP contribution >= 0.6 is 15.9 Å². The summed E-state index contributed by atoms with van der Waals surface area (Å²) in [6.07, 6.45) is 3.77. The summed E-state index contributed by atoms with van der Waals surface area (Å²) in [4.78, 5) is 16.7. The van der Waals surface area contributed by atoms with Crippen LogP contribution in [-0.2, 0) is 6.54 Å². The van der Waals surface area contributed by atoms with Crippen LogP contribution in [0.25, 0.3) is 16.6 Å². The Hall–Kier alpha value is -2.87. The van der Waals surface area contributed by atoms with Crippen LogP contribution in [0.15, 0.2) is 51.6 Å². The molecule has 2 N–H and O–H groups in total. The van der Waals surface area contributed by atoms with E-state index in [1.807, 2.05) is 42.8 Å². The van der Waals surface area contributed by atoms with Gasteiger partial charge in [0.1, 0.15) is 22.8 Å². The second-order valence-electron chi connectivity index (χ2n) is 6.63. The molecular weight excluding hydrogens is 427 g/mol. The molecule has 1 aromatic carbocycles. The summed E-state index contributed by atoms with van der Waals surface area (Å²) in [6, 6.07) is 7.48. The van der Waals surface area contributed by atoms with Crippen molar-refractivity contribution in [3.8, 4) is 0 Å². The van der Waals surface area contributed by atoms with Gasteiger partial charge in [-0.25, -0.2) is 14.2 Å². The van der Waals surface area contributed by atoms with E-state index in [-0.39, 0.29) is 17.9 Å². The summed E-state index contributed by atoms with van der Waals surface area (Å²) >= 11 is 3.42. The lowest BCUT2D eigenvalue weighted by Crippen LogP contribution is -2.36. The standard InChI is InChI=1S/C20H18BrFN4O2/c1-11-16-7-14(22)4-5-17(16)28-19(11)12(2)24-20(27)23-8-15-10-26-9-13(21)3-6-18(26)25-15/h3-7,9-10,12H,8H2,1-2H3,(H2,23,24,27). The van der Waals surface area contributed by atoms with Gasteiger partial charge in [-0.15, -0.1) is 0 Å². The molecule has 28 heavy (non-hydrogen) atoms. The van der Waals surface area contributed by atoms with Crippen LogP contribution in [0.1, 0.15) is 30.0 Å². The summed E-state index contributed by atoms with van der Waals surface area (Å²) in [5, 5.41) is 6.35. The zero-order valence-corrected chi connectivity index (χ0v) is 16.9. The molecule has 6 nitrogen and oxygen atoms in total. The minimum Gasteiger partial charge on any atom is -0.459 e. The molecule has 0 spiro atoms. The minimum atomic E-state index is -0.368. The van der Waals surface area contributed by atoms with Crippen LogP contribution in [0.2, 0.25) is 0 Å². The van der Waals surface area contributed by atoms with E-state index in [0.29, 0.717) is 23.3 Å². The molecular formula is C20H18BrFN4O2. The molecule has 0 fully saturated rings. The first-order valence-electron chi connectivity index (χ1n) is 8.77. The molecule has 4 rings (SSSR count). The van der Waals surface area contributed by atoms with Gasteiger partial charge in [-0.1, -0.05) is 0 Å². The van der Waals surface area contributed by atoms with Gasteiger partial charge in [-0.2, -0.15) is 0 Å². The number of carbonyl (C=O) groups is 1. The number of carbonyl (C=O) groups excluding carboxylic acids is 1. The number of benzene rings is 1. The number of pyridine rings is 1. The molecule has 0 bridgehead atoms. The number of furan rings is 1. The molecule has 1 unspecified atom stereocenters. The van der Waals surface area contributed by atoms with Gasteiger partial charge in [0.05, 0.1) is 18.3 Å². The Kier molecular flexibility index (Phi) is 4.80. The fourth-order valence-electron chi connectivity index (χ4n) is 3.21. The van der Waals surface area contributed by atoms with Crippen LogP contribution < -0.4 is 10.6 Å². The number of hydrogen-bond donors (Lipinski definition) is 2. The Morgan fingerprint density at radius 2 is 2.14 bits per heavy atom. The van der Waals surface area contributed by atoms with Gasteiger partial charge in [-0.3, -0.25) is 0 Å². The van der Waals surface area contributed by atoms with Gasteiger partial charge < -0.3 is 19.5 Å². The molecule has 8 heteroatoms. The maximum atomic E-state index is 13.5. The van der Waals surface area contributed by atoms with Gasteiger partial charge >= 0.3 is 6.03 Å². The summed E-state index contributed by atoms with van der Waals surface area (Å²) in [6.45, 7) is 3.97. The van der Waals surface area contributed by atoms with Gasteiger partial charge in [0.2, 0.25) is 0 Å². The van der Waals surface area contributed by atoms with Crippen molar-refractivity contribution in [1.29, 1.82) is 0 Å². The largest absolute Gasteiger partial charge is 0.459 e. The molecule has 0 aliphatic rings. The Balaban J connectivity index is 1.42. The fraction of sp³-hybridized carbons (Fsp3) is 0.200. The maximum Gasteiger partial charge on any atom is 0.315 e. The highest BCUT2D eigenvalue weighted by Crippen LogP contribution is 2.29. The zero-order chi connectivity index (χ0) is 19.8. The second-order valence-corrected chi connectivity index (χ2v) is 7.54. The lowest BCUT2D eigenvalue weighted by atomic mass is 10.1. The lowest BCUT2D eigenvalue weighted by Gasteiger charge is -2.13. The molecule has 0 radical (unpaired) electrons. The van der Waals surface area contributed by atoms with Gasteiger partial charge in [-0.05, 0) is 60.1 Å². The Bertz CT molecular complexity index is 1180. The lowest BCUT2D eigenvalue weighted by molar-refractivity contribution is 0.236. The average molecular weight is 445 g/mol. The molecule has 3 heterocycles. The number of halogens is 2. The third-order valence-electron chi connectivity index (χ3n) is 4.57. The number of imidazole rings is 1. The summed E-state index contributed by atoms with van der Waals surface area (Å²) < 4.78 is 22.1. The van der Waals surface area contributed by atoms with Crippen molar-refractivity contribution in [2.24, 2.45) is 0 Å². The highest BCUT2D eigenvalue weighted by Gasteiger charge is 2.19. The molecule has 1 atom stereocenters. The number of amides is 2. The van der Waals surface area contributed by atoms with Crippen LogP contribution in [0.3, 0.4) is 0 Å². The fourth-order valence-corrected chi connectivity index (χ4v) is 3.56. The SMILES string of the molecule is Cc1c(C(C)NC(=O)NCc2cn3cc(Br)ccc3n2)oc2ccc(F)cc12. The average Bonchev–Trinajstić information content (AvgIpc) is 3.20. The smallest absolute Gasteiger partial charge is 0.315 e. The highest BCUT2D eigenvalue weighted by molar-refractivity contribution is 9.10. The topological polar surface area (TPSA) is 71.6 Å². The number of aromatic nitrogens is 2. The highest BCUT2D eigenvalue weighted by atomic mass is 79.9. The summed E-state index contributed by atoms with van der Waals surface area (Å²) in [5.74, 6) is 0.286. The number of nitrogens with zero attached hydrogens (tertiary/aromatic N) is 2. The third-order valence-corrected chi connectivity index (χ3v) is 5.04. The second kappa shape index (κ2) is 7.27. The number of fused-ring (bicyclic) bond motifs is 2. The van der Waals surface area contributed by atoms with Crippen LogP contribution in [0.5, 0.6) is 0 Å². The molecule has 3 aromatic heterocycles. The van der Waals surface area contributed by atoms with Crippen molar-refractivity contribution < 1.29 is 13.6 Å². The summed E-state index contributed by atoms with van der Waals surface area (Å²) in [7, 11) is 0. The van der Waals surface area contributed by atoms with E-state index >= 15 is 0 Å². The Morgan fingerprint density at radius 3 is 2.96 bits per heavy atom. The molecule has 144 valence electrons. The normalized spacial score (nSPS) is 12.4. The van der Waals surface area contributed by atoms with Gasteiger partial charge in [0.15, 0.2) is 0 Å². The molecule has 0 saturated heterocycles. The van der Waals surface area contributed by atoms with Crippen LogP contribution in [0, 0.1) is 12.7 Å². The van der Waals surface area contributed by atoms with E-state index in [4.69, 9.17) is 4.42 Å². The molecule has 2 amide bonds. The van der Waals surface area contributed by atoms with Crippen molar-refractivity contribution in [2.45, 2.75) is 26.4 Å². The van der Waals surface area contributed by atoms with Crippen LogP contribution in [-0.4, -0.2) is 15.4 Å². The van der Waals surface area contributed by atoms with E-state index in [1.54, 1.807) is 6.07 Å². The van der Waals surface area contributed by atoms with Gasteiger partial charge in [0.25, 0.3) is 0 Å². The predicted octanol–water partition coefficient (Wildman–Crippen LogP) is 4.85. The Labute approximate surface area is 168 Å². The van der Waals surface area contributed by atoms with E-state index < -0.39 is 0 Å². The number of aryl methyl sites for hydroxylation is 1. The van der Waals surface area contributed by atoms with Crippen molar-refractivity contribution >= 4 is 38.6 Å². The number of hydrogen-bond acceptors (Lipinski definition) is 3. The number of rotatable bonds is 4. The third kappa shape index (κ3) is 3.60. The first kappa shape index (κ1) is 18.5. The molecule has 0 aliphatic carbocycles. The predicted molar refractivity (Wildman–Crippen MR) is 108 cm³/mol. The van der Waals surface area contributed by atoms with E-state index in [9.17, 15) is 9.18 Å². The maximum absolute atomic E-state index is 13.5. The van der Waals surface area contributed by atoms with E-state index in [0.717, 1.165) is 21.4 Å². The molecule has 0 saturated carbocycles. The number of nitrogens with one attached hydrogen (secondary N) is 2. The van der Waals surface area contributed by atoms with Crippen molar-refractivity contribution in [2.75, 3.05) is 0 Å². The molecule has 4 aromatic rings. The van der Waals surface area contributed by atoms with Crippen LogP contribution in [0.4, 0.5) is 9.18 Å². The van der Waals surface area contributed by atoms with E-state index in [2.05, 4.69) is 31.5 Å². The monoisotopic (exact) mass is 444 g/mol. The molecule has 0 aliphatic heterocycles. The Morgan fingerprint density at radius 1 is 1.32 bits per heavy atom. The van der Waals surface area contributed by atoms with Crippen molar-refractivity contribution in [3.63, 3.8) is 0 Å². The van der Waals surface area contributed by atoms with Crippen molar-refractivity contribution in [3.05, 3.63) is 70.0 Å².